The van der Waals surface area contributed by atoms with E-state index < -0.39 is 6.09 Å². The molecule has 2 atom stereocenters. The molecule has 0 bridgehead atoms. The van der Waals surface area contributed by atoms with Crippen LogP contribution in [-0.4, -0.2) is 31.3 Å². The normalized spacial score (nSPS) is 14.2. The highest BCUT2D eigenvalue weighted by atomic mass is 16.5. The number of hydrogen-bond donors (Lipinski definition) is 1. The maximum absolute atomic E-state index is 12.0. The number of amides is 1. The smallest absolute Gasteiger partial charge is 0.407 e. The SMILES string of the molecule is CC[C@H](C(=O)OC(C)C)[C@@H](NC(=O)OC)C(C)C. The van der Waals surface area contributed by atoms with Crippen LogP contribution in [0, 0.1) is 11.8 Å². The Bertz CT molecular complexity index is 276. The summed E-state index contributed by atoms with van der Waals surface area (Å²) in [5.74, 6) is -0.511. The highest BCUT2D eigenvalue weighted by Gasteiger charge is 2.32. The van der Waals surface area contributed by atoms with Crippen LogP contribution in [0.1, 0.15) is 41.0 Å². The molecule has 0 aromatic heterocycles. The quantitative estimate of drug-likeness (QED) is 0.744. The van der Waals surface area contributed by atoms with Gasteiger partial charge in [-0.25, -0.2) is 4.79 Å². The first kappa shape index (κ1) is 16.7. The largest absolute Gasteiger partial charge is 0.463 e. The molecule has 0 saturated heterocycles. The van der Waals surface area contributed by atoms with Crippen molar-refractivity contribution < 1.29 is 19.1 Å². The summed E-state index contributed by atoms with van der Waals surface area (Å²) in [6.07, 6.45) is -0.0692. The number of ether oxygens (including phenoxy) is 2. The van der Waals surface area contributed by atoms with Crippen molar-refractivity contribution in [2.45, 2.75) is 53.2 Å². The summed E-state index contributed by atoms with van der Waals surface area (Å²) in [5, 5.41) is 2.71. The van der Waals surface area contributed by atoms with Crippen molar-refractivity contribution in [2.75, 3.05) is 7.11 Å². The summed E-state index contributed by atoms with van der Waals surface area (Å²) in [5.41, 5.74) is 0. The van der Waals surface area contributed by atoms with Crippen LogP contribution in [0.5, 0.6) is 0 Å². The van der Waals surface area contributed by atoms with E-state index in [1.807, 2.05) is 34.6 Å². The van der Waals surface area contributed by atoms with Gasteiger partial charge in [0.25, 0.3) is 0 Å². The van der Waals surface area contributed by atoms with Crippen LogP contribution >= 0.6 is 0 Å². The first-order chi connectivity index (χ1) is 8.33. The van der Waals surface area contributed by atoms with Crippen LogP contribution < -0.4 is 5.32 Å². The molecule has 5 nitrogen and oxygen atoms in total. The first-order valence-electron chi connectivity index (χ1n) is 6.38. The van der Waals surface area contributed by atoms with E-state index in [1.165, 1.54) is 7.11 Å². The van der Waals surface area contributed by atoms with Crippen molar-refractivity contribution in [1.82, 2.24) is 5.32 Å². The maximum atomic E-state index is 12.0. The molecular formula is C13H25NO4. The molecule has 0 fully saturated rings. The lowest BCUT2D eigenvalue weighted by Gasteiger charge is -2.28. The van der Waals surface area contributed by atoms with Gasteiger partial charge in [-0.2, -0.15) is 0 Å². The van der Waals surface area contributed by atoms with Crippen LogP contribution in [-0.2, 0) is 14.3 Å². The number of alkyl carbamates (subject to hydrolysis) is 1. The van der Waals surface area contributed by atoms with Crippen LogP contribution in [0.15, 0.2) is 0 Å². The number of nitrogens with one attached hydrogen (secondary N) is 1. The van der Waals surface area contributed by atoms with Gasteiger partial charge in [0.05, 0.1) is 19.1 Å². The van der Waals surface area contributed by atoms with E-state index in [2.05, 4.69) is 10.1 Å². The molecule has 106 valence electrons. The van der Waals surface area contributed by atoms with Crippen molar-refractivity contribution >= 4 is 12.1 Å². The van der Waals surface area contributed by atoms with E-state index in [0.29, 0.717) is 6.42 Å². The van der Waals surface area contributed by atoms with E-state index in [4.69, 9.17) is 4.74 Å². The Labute approximate surface area is 109 Å². The summed E-state index contributed by atoms with van der Waals surface area (Å²) < 4.78 is 9.80. The van der Waals surface area contributed by atoms with Crippen molar-refractivity contribution in [3.8, 4) is 0 Å². The fourth-order valence-electron chi connectivity index (χ4n) is 1.81. The summed E-state index contributed by atoms with van der Waals surface area (Å²) in [6, 6.07) is -0.284. The van der Waals surface area contributed by atoms with Gasteiger partial charge in [0.15, 0.2) is 0 Å². The Morgan fingerprint density at radius 3 is 2.06 bits per heavy atom. The molecular weight excluding hydrogens is 234 g/mol. The fraction of sp³-hybridized carbons (Fsp3) is 0.846. The van der Waals surface area contributed by atoms with Crippen molar-refractivity contribution in [2.24, 2.45) is 11.8 Å². The zero-order chi connectivity index (χ0) is 14.3. The second-order valence-electron chi connectivity index (χ2n) is 4.91. The molecule has 1 N–H and O–H groups in total. The molecule has 5 heteroatoms. The Balaban J connectivity index is 4.81. The molecule has 1 amide bonds. The zero-order valence-corrected chi connectivity index (χ0v) is 12.1. The van der Waals surface area contributed by atoms with E-state index in [0.717, 1.165) is 0 Å². The molecule has 0 radical (unpaired) electrons. The van der Waals surface area contributed by atoms with E-state index in [1.54, 1.807) is 0 Å². The molecule has 0 aromatic carbocycles. The lowest BCUT2D eigenvalue weighted by Crippen LogP contribution is -2.47. The predicted octanol–water partition coefficient (Wildman–Crippen LogP) is 2.34. The fourth-order valence-corrected chi connectivity index (χ4v) is 1.81. The highest BCUT2D eigenvalue weighted by molar-refractivity contribution is 5.75. The highest BCUT2D eigenvalue weighted by Crippen LogP contribution is 2.19. The summed E-state index contributed by atoms with van der Waals surface area (Å²) in [7, 11) is 1.31. The monoisotopic (exact) mass is 259 g/mol. The summed E-state index contributed by atoms with van der Waals surface area (Å²) in [6.45, 7) is 9.42. The molecule has 0 saturated carbocycles. The molecule has 0 aliphatic heterocycles. The van der Waals surface area contributed by atoms with Gasteiger partial charge in [-0.3, -0.25) is 4.79 Å². The maximum Gasteiger partial charge on any atom is 0.407 e. The number of esters is 1. The standard InChI is InChI=1S/C13H25NO4/c1-7-10(12(15)18-9(4)5)11(8(2)3)14-13(16)17-6/h8-11H,7H2,1-6H3,(H,14,16)/t10-,11-/m0/s1. The minimum atomic E-state index is -0.524. The van der Waals surface area contributed by atoms with Gasteiger partial charge in [-0.15, -0.1) is 0 Å². The molecule has 0 rings (SSSR count). The van der Waals surface area contributed by atoms with Crippen LogP contribution in [0.3, 0.4) is 0 Å². The Morgan fingerprint density at radius 1 is 1.17 bits per heavy atom. The molecule has 0 aromatic rings. The number of carbonyl (C=O) groups excluding carboxylic acids is 2. The Kier molecular flexibility index (Phi) is 7.39. The van der Waals surface area contributed by atoms with Gasteiger partial charge in [-0.05, 0) is 26.2 Å². The third kappa shape index (κ3) is 5.38. The van der Waals surface area contributed by atoms with Gasteiger partial charge in [0.2, 0.25) is 0 Å². The molecule has 0 aliphatic carbocycles. The van der Waals surface area contributed by atoms with Gasteiger partial charge < -0.3 is 14.8 Å². The van der Waals surface area contributed by atoms with E-state index in [-0.39, 0.29) is 30.0 Å². The van der Waals surface area contributed by atoms with Crippen LogP contribution in [0.2, 0.25) is 0 Å². The predicted molar refractivity (Wildman–Crippen MR) is 69.2 cm³/mol. The molecule has 0 heterocycles. The van der Waals surface area contributed by atoms with Crippen molar-refractivity contribution in [3.63, 3.8) is 0 Å². The number of methoxy groups -OCH3 is 1. The lowest BCUT2D eigenvalue weighted by molar-refractivity contribution is -0.154. The minimum absolute atomic E-state index is 0.119. The van der Waals surface area contributed by atoms with Crippen LogP contribution in [0.25, 0.3) is 0 Å². The number of rotatable bonds is 6. The Morgan fingerprint density at radius 2 is 1.72 bits per heavy atom. The summed E-state index contributed by atoms with van der Waals surface area (Å²) in [4.78, 5) is 23.3. The average molecular weight is 259 g/mol. The van der Waals surface area contributed by atoms with Crippen LogP contribution in [0.4, 0.5) is 4.79 Å². The van der Waals surface area contributed by atoms with Gasteiger partial charge in [0.1, 0.15) is 0 Å². The zero-order valence-electron chi connectivity index (χ0n) is 12.1. The molecule has 0 aliphatic rings. The average Bonchev–Trinajstić information content (AvgIpc) is 2.27. The van der Waals surface area contributed by atoms with Gasteiger partial charge >= 0.3 is 12.1 Å². The van der Waals surface area contributed by atoms with Gasteiger partial charge in [0, 0.05) is 6.04 Å². The minimum Gasteiger partial charge on any atom is -0.463 e. The second kappa shape index (κ2) is 7.95. The van der Waals surface area contributed by atoms with E-state index in [9.17, 15) is 9.59 Å². The van der Waals surface area contributed by atoms with E-state index >= 15 is 0 Å². The lowest BCUT2D eigenvalue weighted by atomic mass is 9.88. The van der Waals surface area contributed by atoms with Gasteiger partial charge in [-0.1, -0.05) is 20.8 Å². The van der Waals surface area contributed by atoms with Crippen molar-refractivity contribution in [3.05, 3.63) is 0 Å². The topological polar surface area (TPSA) is 64.6 Å². The molecule has 0 spiro atoms. The molecule has 18 heavy (non-hydrogen) atoms. The molecule has 0 unspecified atom stereocenters. The third-order valence-electron chi connectivity index (χ3n) is 2.72. The first-order valence-corrected chi connectivity index (χ1v) is 6.38. The second-order valence-corrected chi connectivity index (χ2v) is 4.91. The number of hydrogen-bond acceptors (Lipinski definition) is 4. The summed E-state index contributed by atoms with van der Waals surface area (Å²) >= 11 is 0. The van der Waals surface area contributed by atoms with Crippen molar-refractivity contribution in [1.29, 1.82) is 0 Å². The Hall–Kier alpha value is -1.26. The third-order valence-corrected chi connectivity index (χ3v) is 2.72. The number of carbonyl (C=O) groups is 2.